The zero-order chi connectivity index (χ0) is 9.72. The lowest BCUT2D eigenvalue weighted by Gasteiger charge is -2.14. The van der Waals surface area contributed by atoms with Crippen LogP contribution in [0.4, 0.5) is 0 Å². The molecule has 0 aromatic carbocycles. The van der Waals surface area contributed by atoms with Crippen molar-refractivity contribution in [1.29, 1.82) is 0 Å². The predicted octanol–water partition coefficient (Wildman–Crippen LogP) is -1.03. The molecule has 5 heteroatoms. The van der Waals surface area contributed by atoms with Crippen LogP contribution in [0.3, 0.4) is 0 Å². The largest absolute Gasteiger partial charge is 0.371 e. The van der Waals surface area contributed by atoms with Gasteiger partial charge in [-0.05, 0) is 0 Å². The highest BCUT2D eigenvalue weighted by Crippen LogP contribution is 1.98. The van der Waals surface area contributed by atoms with Gasteiger partial charge in [0.1, 0.15) is 6.10 Å². The monoisotopic (exact) mass is 174 g/mol. The Morgan fingerprint density at radius 2 is 2.00 bits per heavy atom. The Kier molecular flexibility index (Phi) is 4.28. The van der Waals surface area contributed by atoms with Gasteiger partial charge in [-0.1, -0.05) is 0 Å². The average molecular weight is 174 g/mol. The molecule has 1 unspecified atom stereocenters. The average Bonchev–Trinajstić information content (AvgIpc) is 1.98. The summed E-state index contributed by atoms with van der Waals surface area (Å²) in [5, 5.41) is 0. The van der Waals surface area contributed by atoms with Crippen LogP contribution in [0.5, 0.6) is 0 Å². The predicted molar refractivity (Wildman–Crippen MR) is 43.3 cm³/mol. The van der Waals surface area contributed by atoms with Crippen LogP contribution in [-0.2, 0) is 14.3 Å². The summed E-state index contributed by atoms with van der Waals surface area (Å²) in [7, 11) is 4.56. The molecule has 0 heterocycles. The lowest BCUT2D eigenvalue weighted by Crippen LogP contribution is -2.35. The number of rotatable bonds is 4. The van der Waals surface area contributed by atoms with Crippen molar-refractivity contribution in [2.45, 2.75) is 12.5 Å². The van der Waals surface area contributed by atoms with E-state index in [9.17, 15) is 9.59 Å². The quantitative estimate of drug-likeness (QED) is 0.592. The van der Waals surface area contributed by atoms with E-state index < -0.39 is 12.0 Å². The van der Waals surface area contributed by atoms with E-state index in [4.69, 9.17) is 10.5 Å². The van der Waals surface area contributed by atoms with Crippen molar-refractivity contribution < 1.29 is 14.3 Å². The van der Waals surface area contributed by atoms with E-state index in [2.05, 4.69) is 0 Å². The van der Waals surface area contributed by atoms with Crippen LogP contribution >= 0.6 is 0 Å². The molecule has 0 bridgehead atoms. The third-order valence-electron chi connectivity index (χ3n) is 1.46. The Hall–Kier alpha value is -1.10. The summed E-state index contributed by atoms with van der Waals surface area (Å²) < 4.78 is 4.71. The molecule has 0 aromatic heterocycles. The van der Waals surface area contributed by atoms with Crippen molar-refractivity contribution in [3.63, 3.8) is 0 Å². The highest BCUT2D eigenvalue weighted by atomic mass is 16.5. The second-order valence-corrected chi connectivity index (χ2v) is 2.62. The number of primary amides is 1. The van der Waals surface area contributed by atoms with E-state index in [0.717, 1.165) is 0 Å². The van der Waals surface area contributed by atoms with Gasteiger partial charge in [0.15, 0.2) is 0 Å². The topological polar surface area (TPSA) is 72.6 Å². The fraction of sp³-hybridized carbons (Fsp3) is 0.714. The summed E-state index contributed by atoms with van der Waals surface area (Å²) in [4.78, 5) is 23.1. The number of hydrogen-bond acceptors (Lipinski definition) is 3. The first-order chi connectivity index (χ1) is 5.49. The van der Waals surface area contributed by atoms with E-state index in [1.54, 1.807) is 14.1 Å². The first-order valence-corrected chi connectivity index (χ1v) is 3.51. The SMILES string of the molecule is COC(CC(=O)N(C)C)C(N)=O. The van der Waals surface area contributed by atoms with E-state index in [0.29, 0.717) is 0 Å². The number of hydrogen-bond donors (Lipinski definition) is 1. The summed E-state index contributed by atoms with van der Waals surface area (Å²) in [5.74, 6) is -0.798. The minimum atomic E-state index is -0.820. The number of carbonyl (C=O) groups excluding carboxylic acids is 2. The normalized spacial score (nSPS) is 12.2. The smallest absolute Gasteiger partial charge is 0.247 e. The molecule has 0 aromatic rings. The molecule has 0 fully saturated rings. The number of carbonyl (C=O) groups is 2. The summed E-state index contributed by atoms with van der Waals surface area (Å²) in [6, 6.07) is 0. The molecule has 2 amide bonds. The van der Waals surface area contributed by atoms with Gasteiger partial charge in [0.05, 0.1) is 6.42 Å². The minimum Gasteiger partial charge on any atom is -0.371 e. The van der Waals surface area contributed by atoms with E-state index in [1.807, 2.05) is 0 Å². The molecule has 0 saturated carbocycles. The molecule has 0 saturated heterocycles. The Bertz CT molecular complexity index is 179. The fourth-order valence-corrected chi connectivity index (χ4v) is 0.641. The van der Waals surface area contributed by atoms with Crippen LogP contribution in [0.2, 0.25) is 0 Å². The third kappa shape index (κ3) is 3.34. The van der Waals surface area contributed by atoms with Gasteiger partial charge in [-0.25, -0.2) is 0 Å². The van der Waals surface area contributed by atoms with Crippen LogP contribution in [0, 0.1) is 0 Å². The van der Waals surface area contributed by atoms with Crippen molar-refractivity contribution in [2.75, 3.05) is 21.2 Å². The molecule has 5 nitrogen and oxygen atoms in total. The number of nitrogens with two attached hydrogens (primary N) is 1. The van der Waals surface area contributed by atoms with Crippen LogP contribution < -0.4 is 5.73 Å². The van der Waals surface area contributed by atoms with Crippen LogP contribution in [0.15, 0.2) is 0 Å². The molecular weight excluding hydrogens is 160 g/mol. The molecule has 2 N–H and O–H groups in total. The maximum Gasteiger partial charge on any atom is 0.247 e. The number of methoxy groups -OCH3 is 1. The number of ether oxygens (including phenoxy) is 1. The zero-order valence-corrected chi connectivity index (χ0v) is 7.53. The fourth-order valence-electron chi connectivity index (χ4n) is 0.641. The summed E-state index contributed by atoms with van der Waals surface area (Å²) in [6.07, 6.45) is -0.821. The van der Waals surface area contributed by atoms with E-state index in [-0.39, 0.29) is 12.3 Å². The molecule has 12 heavy (non-hydrogen) atoms. The van der Waals surface area contributed by atoms with Gasteiger partial charge in [-0.2, -0.15) is 0 Å². The van der Waals surface area contributed by atoms with Gasteiger partial charge < -0.3 is 15.4 Å². The van der Waals surface area contributed by atoms with Gasteiger partial charge >= 0.3 is 0 Å². The van der Waals surface area contributed by atoms with Crippen LogP contribution in [-0.4, -0.2) is 44.0 Å². The van der Waals surface area contributed by atoms with Gasteiger partial charge in [0, 0.05) is 21.2 Å². The first-order valence-electron chi connectivity index (χ1n) is 3.51. The number of amides is 2. The third-order valence-corrected chi connectivity index (χ3v) is 1.46. The second kappa shape index (κ2) is 4.71. The van der Waals surface area contributed by atoms with Gasteiger partial charge in [-0.15, -0.1) is 0 Å². The Labute approximate surface area is 71.5 Å². The highest BCUT2D eigenvalue weighted by Gasteiger charge is 2.19. The summed E-state index contributed by atoms with van der Waals surface area (Å²) >= 11 is 0. The second-order valence-electron chi connectivity index (χ2n) is 2.62. The summed E-state index contributed by atoms with van der Waals surface area (Å²) in [5.41, 5.74) is 4.96. The maximum atomic E-state index is 11.1. The van der Waals surface area contributed by atoms with Crippen molar-refractivity contribution in [3.05, 3.63) is 0 Å². The van der Waals surface area contributed by atoms with Crippen molar-refractivity contribution in [1.82, 2.24) is 4.90 Å². The molecule has 0 aliphatic carbocycles. The van der Waals surface area contributed by atoms with Gasteiger partial charge in [0.25, 0.3) is 0 Å². The Balaban J connectivity index is 4.03. The Morgan fingerprint density at radius 1 is 1.50 bits per heavy atom. The standard InChI is InChI=1S/C7H14N2O3/c1-9(2)6(10)4-5(12-3)7(8)11/h5H,4H2,1-3H3,(H2,8,11). The molecule has 0 spiro atoms. The van der Waals surface area contributed by atoms with Crippen LogP contribution in [0.1, 0.15) is 6.42 Å². The van der Waals surface area contributed by atoms with Crippen molar-refractivity contribution in [2.24, 2.45) is 5.73 Å². The number of nitrogens with zero attached hydrogens (tertiary/aromatic N) is 1. The van der Waals surface area contributed by atoms with Crippen molar-refractivity contribution >= 4 is 11.8 Å². The minimum absolute atomic E-state index is 0.00116. The summed E-state index contributed by atoms with van der Waals surface area (Å²) in [6.45, 7) is 0. The Morgan fingerprint density at radius 3 is 2.25 bits per heavy atom. The molecule has 0 radical (unpaired) electrons. The lowest BCUT2D eigenvalue weighted by molar-refractivity contribution is -0.138. The van der Waals surface area contributed by atoms with E-state index in [1.165, 1.54) is 12.0 Å². The van der Waals surface area contributed by atoms with Gasteiger partial charge in [-0.3, -0.25) is 9.59 Å². The van der Waals surface area contributed by atoms with Crippen molar-refractivity contribution in [3.8, 4) is 0 Å². The van der Waals surface area contributed by atoms with E-state index >= 15 is 0 Å². The molecule has 1 atom stereocenters. The molecule has 0 aliphatic rings. The van der Waals surface area contributed by atoms with Gasteiger partial charge in [0.2, 0.25) is 11.8 Å². The lowest BCUT2D eigenvalue weighted by atomic mass is 10.2. The highest BCUT2D eigenvalue weighted by molar-refractivity contribution is 5.86. The first kappa shape index (κ1) is 10.9. The molecule has 0 rings (SSSR count). The van der Waals surface area contributed by atoms with Crippen LogP contribution in [0.25, 0.3) is 0 Å². The zero-order valence-electron chi connectivity index (χ0n) is 7.53. The maximum absolute atomic E-state index is 11.1. The molecule has 70 valence electrons. The molecule has 0 aliphatic heterocycles. The molecular formula is C7H14N2O3.